The predicted octanol–water partition coefficient (Wildman–Crippen LogP) is 2.38. The molecular weight excluding hydrogens is 164 g/mol. The molecule has 0 aliphatic carbocycles. The molecule has 0 aromatic carbocycles. The normalized spacial score (nSPS) is 12.6. The number of hydrogen-bond donors (Lipinski definition) is 0. The molecule has 2 heteroatoms. The summed E-state index contributed by atoms with van der Waals surface area (Å²) in [6.45, 7) is 8.64. The van der Waals surface area contributed by atoms with Crippen LogP contribution in [0.25, 0.3) is 0 Å². The number of hydrogen-bond acceptors (Lipinski definition) is 2. The lowest BCUT2D eigenvalue weighted by molar-refractivity contribution is -0.131. The van der Waals surface area contributed by atoms with Gasteiger partial charge < -0.3 is 0 Å². The van der Waals surface area contributed by atoms with Crippen molar-refractivity contribution < 1.29 is 9.59 Å². The van der Waals surface area contributed by atoms with Gasteiger partial charge in [-0.25, -0.2) is 0 Å². The first-order chi connectivity index (χ1) is 6.04. The molecule has 0 aromatic rings. The third-order valence-electron chi connectivity index (χ3n) is 2.23. The minimum Gasteiger partial charge on any atom is -0.299 e. The first-order valence-electron chi connectivity index (χ1n) is 4.68. The van der Waals surface area contributed by atoms with E-state index in [2.05, 4.69) is 6.58 Å². The van der Waals surface area contributed by atoms with Gasteiger partial charge in [0.15, 0.2) is 0 Å². The average Bonchev–Trinajstić information content (AvgIpc) is 2.02. The molecule has 13 heavy (non-hydrogen) atoms. The van der Waals surface area contributed by atoms with E-state index in [1.165, 1.54) is 13.8 Å². The maximum atomic E-state index is 11.2. The molecule has 0 aromatic heterocycles. The van der Waals surface area contributed by atoms with Crippen LogP contribution in [0, 0.1) is 11.8 Å². The Labute approximate surface area is 80.0 Å². The van der Waals surface area contributed by atoms with Crippen molar-refractivity contribution in [3.8, 4) is 0 Å². The van der Waals surface area contributed by atoms with Gasteiger partial charge in [0.25, 0.3) is 0 Å². The molecule has 0 spiro atoms. The van der Waals surface area contributed by atoms with Crippen molar-refractivity contribution in [1.29, 1.82) is 0 Å². The lowest BCUT2D eigenvalue weighted by atomic mass is 9.83. The van der Waals surface area contributed by atoms with Gasteiger partial charge in [-0.05, 0) is 26.2 Å². The van der Waals surface area contributed by atoms with Crippen LogP contribution in [0.4, 0.5) is 0 Å². The van der Waals surface area contributed by atoms with Crippen LogP contribution in [0.1, 0.15) is 33.6 Å². The highest BCUT2D eigenvalue weighted by molar-refractivity contribution is 6.00. The molecule has 0 radical (unpaired) electrons. The smallest absolute Gasteiger partial charge is 0.140 e. The third kappa shape index (κ3) is 3.53. The van der Waals surface area contributed by atoms with Gasteiger partial charge in [0.2, 0.25) is 0 Å². The molecule has 0 amide bonds. The van der Waals surface area contributed by atoms with Crippen LogP contribution in [0.2, 0.25) is 0 Å². The fraction of sp³-hybridized carbons (Fsp3) is 0.636. The van der Waals surface area contributed by atoms with Gasteiger partial charge in [0.1, 0.15) is 11.6 Å². The Kier molecular flexibility index (Phi) is 5.28. The number of rotatable bonds is 6. The molecule has 2 nitrogen and oxygen atoms in total. The van der Waals surface area contributed by atoms with E-state index < -0.39 is 5.92 Å². The quantitative estimate of drug-likeness (QED) is 0.467. The van der Waals surface area contributed by atoms with Crippen molar-refractivity contribution in [2.45, 2.75) is 33.6 Å². The van der Waals surface area contributed by atoms with E-state index in [0.717, 1.165) is 12.8 Å². The molecule has 1 atom stereocenters. The second-order valence-electron chi connectivity index (χ2n) is 3.39. The Hall–Kier alpha value is -0.920. The van der Waals surface area contributed by atoms with Gasteiger partial charge in [0.05, 0.1) is 5.92 Å². The second kappa shape index (κ2) is 5.68. The summed E-state index contributed by atoms with van der Waals surface area (Å²) in [5.41, 5.74) is 0. The lowest BCUT2D eigenvalue weighted by Crippen LogP contribution is -2.27. The minimum absolute atomic E-state index is 0.0139. The maximum absolute atomic E-state index is 11.2. The molecule has 0 aliphatic rings. The van der Waals surface area contributed by atoms with E-state index in [1.54, 1.807) is 6.08 Å². The van der Waals surface area contributed by atoms with Crippen LogP contribution in [0.15, 0.2) is 12.7 Å². The molecule has 0 heterocycles. The van der Waals surface area contributed by atoms with E-state index in [4.69, 9.17) is 0 Å². The second-order valence-corrected chi connectivity index (χ2v) is 3.39. The first kappa shape index (κ1) is 12.1. The van der Waals surface area contributed by atoms with Crippen LogP contribution in [-0.4, -0.2) is 11.6 Å². The molecule has 0 saturated carbocycles. The van der Waals surface area contributed by atoms with Crippen molar-refractivity contribution in [3.63, 3.8) is 0 Å². The Morgan fingerprint density at radius 2 is 1.77 bits per heavy atom. The van der Waals surface area contributed by atoms with E-state index in [1.807, 2.05) is 6.92 Å². The van der Waals surface area contributed by atoms with Gasteiger partial charge >= 0.3 is 0 Å². The number of carbonyl (C=O) groups is 2. The van der Waals surface area contributed by atoms with Crippen LogP contribution >= 0.6 is 0 Å². The predicted molar refractivity (Wildman–Crippen MR) is 53.4 cm³/mol. The minimum atomic E-state index is -0.475. The highest BCUT2D eigenvalue weighted by Gasteiger charge is 2.26. The zero-order chi connectivity index (χ0) is 10.4. The third-order valence-corrected chi connectivity index (χ3v) is 2.23. The van der Waals surface area contributed by atoms with Gasteiger partial charge in [-0.2, -0.15) is 0 Å². The van der Waals surface area contributed by atoms with Gasteiger partial charge in [-0.15, -0.1) is 6.58 Å². The van der Waals surface area contributed by atoms with Crippen LogP contribution in [0.5, 0.6) is 0 Å². The van der Waals surface area contributed by atoms with Crippen molar-refractivity contribution in [1.82, 2.24) is 0 Å². The Morgan fingerprint density at radius 1 is 1.31 bits per heavy atom. The van der Waals surface area contributed by atoms with E-state index >= 15 is 0 Å². The molecule has 74 valence electrons. The highest BCUT2D eigenvalue weighted by atomic mass is 16.1. The first-order valence-corrected chi connectivity index (χ1v) is 4.68. The standard InChI is InChI=1S/C11H18O2/c1-5-7-10(6-2)11(8(3)12)9(4)13/h6,10-11H,2,5,7H2,1,3-4H3. The summed E-state index contributed by atoms with van der Waals surface area (Å²) in [7, 11) is 0. The monoisotopic (exact) mass is 182 g/mol. The van der Waals surface area contributed by atoms with Gasteiger partial charge in [-0.1, -0.05) is 19.4 Å². The fourth-order valence-electron chi connectivity index (χ4n) is 1.64. The van der Waals surface area contributed by atoms with Crippen molar-refractivity contribution >= 4 is 11.6 Å². The topological polar surface area (TPSA) is 34.1 Å². The largest absolute Gasteiger partial charge is 0.299 e. The van der Waals surface area contributed by atoms with Crippen LogP contribution in [-0.2, 0) is 9.59 Å². The molecule has 0 saturated heterocycles. The molecule has 0 bridgehead atoms. The van der Waals surface area contributed by atoms with Crippen molar-refractivity contribution in [2.24, 2.45) is 11.8 Å². The summed E-state index contributed by atoms with van der Waals surface area (Å²) < 4.78 is 0. The van der Waals surface area contributed by atoms with Gasteiger partial charge in [0, 0.05) is 0 Å². The number of ketones is 2. The van der Waals surface area contributed by atoms with E-state index in [9.17, 15) is 9.59 Å². The van der Waals surface area contributed by atoms with Crippen LogP contribution < -0.4 is 0 Å². The zero-order valence-electron chi connectivity index (χ0n) is 8.67. The van der Waals surface area contributed by atoms with Crippen molar-refractivity contribution in [2.75, 3.05) is 0 Å². The van der Waals surface area contributed by atoms with E-state index in [0.29, 0.717) is 0 Å². The van der Waals surface area contributed by atoms with Crippen LogP contribution in [0.3, 0.4) is 0 Å². The summed E-state index contributed by atoms with van der Waals surface area (Å²) in [6, 6.07) is 0. The summed E-state index contributed by atoms with van der Waals surface area (Å²) >= 11 is 0. The highest BCUT2D eigenvalue weighted by Crippen LogP contribution is 2.20. The number of Topliss-reactive ketones (excluding diaryl/α,β-unsaturated/α-hetero) is 2. The molecule has 0 rings (SSSR count). The zero-order valence-corrected chi connectivity index (χ0v) is 8.67. The Morgan fingerprint density at radius 3 is 2.00 bits per heavy atom. The summed E-state index contributed by atoms with van der Waals surface area (Å²) in [6.07, 6.45) is 3.54. The molecule has 0 N–H and O–H groups in total. The SMILES string of the molecule is C=CC(CCC)C(C(C)=O)C(C)=O. The molecule has 1 unspecified atom stereocenters. The average molecular weight is 182 g/mol. The summed E-state index contributed by atoms with van der Waals surface area (Å²) in [5, 5.41) is 0. The summed E-state index contributed by atoms with van der Waals surface area (Å²) in [5.74, 6) is -0.561. The molecular formula is C11H18O2. The summed E-state index contributed by atoms with van der Waals surface area (Å²) in [4.78, 5) is 22.4. The Balaban J connectivity index is 4.58. The molecule has 0 aliphatic heterocycles. The number of carbonyl (C=O) groups excluding carboxylic acids is 2. The lowest BCUT2D eigenvalue weighted by Gasteiger charge is -2.18. The fourth-order valence-corrected chi connectivity index (χ4v) is 1.64. The van der Waals surface area contributed by atoms with Crippen molar-refractivity contribution in [3.05, 3.63) is 12.7 Å². The maximum Gasteiger partial charge on any atom is 0.140 e. The van der Waals surface area contributed by atoms with E-state index in [-0.39, 0.29) is 17.5 Å². The van der Waals surface area contributed by atoms with Gasteiger partial charge in [-0.3, -0.25) is 9.59 Å². The number of allylic oxidation sites excluding steroid dienone is 1. The Bertz CT molecular complexity index is 192. The molecule has 0 fully saturated rings.